The summed E-state index contributed by atoms with van der Waals surface area (Å²) in [6.45, 7) is 6.64. The third kappa shape index (κ3) is 3.33. The van der Waals surface area contributed by atoms with E-state index in [4.69, 9.17) is 23.2 Å². The van der Waals surface area contributed by atoms with Crippen molar-refractivity contribution in [3.05, 3.63) is 28.0 Å². The topological polar surface area (TPSA) is 33.2 Å². The minimum absolute atomic E-state index is 0.101. The van der Waals surface area contributed by atoms with Gasteiger partial charge < -0.3 is 4.90 Å². The van der Waals surface area contributed by atoms with Crippen molar-refractivity contribution >= 4 is 29.1 Å². The van der Waals surface area contributed by atoms with Crippen LogP contribution in [0, 0.1) is 0 Å². The third-order valence-electron chi connectivity index (χ3n) is 2.78. The quantitative estimate of drug-likeness (QED) is 0.786. The van der Waals surface area contributed by atoms with Crippen LogP contribution in [0.4, 0.5) is 0 Å². The predicted molar refractivity (Wildman–Crippen MR) is 70.7 cm³/mol. The summed E-state index contributed by atoms with van der Waals surface area (Å²) >= 11 is 11.8. The molecule has 0 aliphatic heterocycles. The Morgan fingerprint density at radius 1 is 1.47 bits per heavy atom. The minimum Gasteiger partial charge on any atom is -0.336 e. The van der Waals surface area contributed by atoms with E-state index >= 15 is 0 Å². The van der Waals surface area contributed by atoms with Crippen LogP contribution < -0.4 is 0 Å². The molecule has 3 nitrogen and oxygen atoms in total. The largest absolute Gasteiger partial charge is 0.336 e. The van der Waals surface area contributed by atoms with Crippen molar-refractivity contribution in [2.75, 3.05) is 6.54 Å². The minimum atomic E-state index is -0.101. The summed E-state index contributed by atoms with van der Waals surface area (Å²) in [5.74, 6) is -0.101. The molecule has 0 bridgehead atoms. The second-order valence-corrected chi connectivity index (χ2v) is 4.63. The summed E-state index contributed by atoms with van der Waals surface area (Å²) in [6.07, 6.45) is 2.30. The molecule has 0 aromatic carbocycles. The SMILES string of the molecule is CCC(C)N(CC)C(=O)c1cc(Cl)ncc1Cl. The van der Waals surface area contributed by atoms with Gasteiger partial charge in [0.2, 0.25) is 0 Å². The van der Waals surface area contributed by atoms with Gasteiger partial charge in [-0.15, -0.1) is 0 Å². The van der Waals surface area contributed by atoms with E-state index in [1.54, 1.807) is 4.90 Å². The third-order valence-corrected chi connectivity index (χ3v) is 3.28. The molecule has 0 aliphatic rings. The van der Waals surface area contributed by atoms with Crippen LogP contribution in [-0.2, 0) is 0 Å². The summed E-state index contributed by atoms with van der Waals surface area (Å²) in [5.41, 5.74) is 0.411. The zero-order chi connectivity index (χ0) is 13.0. The Labute approximate surface area is 112 Å². The van der Waals surface area contributed by atoms with E-state index in [1.807, 2.05) is 20.8 Å². The number of carbonyl (C=O) groups is 1. The van der Waals surface area contributed by atoms with E-state index in [-0.39, 0.29) is 17.1 Å². The van der Waals surface area contributed by atoms with Crippen molar-refractivity contribution in [1.29, 1.82) is 0 Å². The Morgan fingerprint density at radius 3 is 2.65 bits per heavy atom. The van der Waals surface area contributed by atoms with Gasteiger partial charge in [-0.1, -0.05) is 30.1 Å². The molecule has 1 amide bonds. The highest BCUT2D eigenvalue weighted by Gasteiger charge is 2.21. The fourth-order valence-corrected chi connectivity index (χ4v) is 1.95. The molecule has 0 spiro atoms. The smallest absolute Gasteiger partial charge is 0.255 e. The molecule has 1 atom stereocenters. The molecule has 1 heterocycles. The Morgan fingerprint density at radius 2 is 2.12 bits per heavy atom. The molecule has 1 aromatic rings. The average Bonchev–Trinajstić information content (AvgIpc) is 2.32. The first-order valence-electron chi connectivity index (χ1n) is 5.63. The predicted octanol–water partition coefficient (Wildman–Crippen LogP) is 3.65. The summed E-state index contributed by atoms with van der Waals surface area (Å²) < 4.78 is 0. The molecule has 0 radical (unpaired) electrons. The molecular formula is C12H16Cl2N2O. The van der Waals surface area contributed by atoms with Crippen molar-refractivity contribution in [1.82, 2.24) is 9.88 Å². The number of amides is 1. The second kappa shape index (κ2) is 6.22. The van der Waals surface area contributed by atoms with Crippen molar-refractivity contribution in [2.45, 2.75) is 33.2 Å². The summed E-state index contributed by atoms with van der Waals surface area (Å²) in [4.78, 5) is 17.9. The monoisotopic (exact) mass is 274 g/mol. The average molecular weight is 275 g/mol. The molecule has 0 fully saturated rings. The lowest BCUT2D eigenvalue weighted by molar-refractivity contribution is 0.0700. The summed E-state index contributed by atoms with van der Waals surface area (Å²) in [7, 11) is 0. The van der Waals surface area contributed by atoms with Gasteiger partial charge in [0.15, 0.2) is 0 Å². The highest BCUT2D eigenvalue weighted by molar-refractivity contribution is 6.35. The maximum atomic E-state index is 12.3. The number of hydrogen-bond acceptors (Lipinski definition) is 2. The van der Waals surface area contributed by atoms with E-state index in [0.29, 0.717) is 17.1 Å². The van der Waals surface area contributed by atoms with Crippen LogP contribution in [0.2, 0.25) is 10.2 Å². The van der Waals surface area contributed by atoms with Gasteiger partial charge in [0, 0.05) is 18.8 Å². The van der Waals surface area contributed by atoms with Crippen molar-refractivity contribution in [2.24, 2.45) is 0 Å². The molecule has 1 unspecified atom stereocenters. The van der Waals surface area contributed by atoms with Crippen LogP contribution in [0.3, 0.4) is 0 Å². The molecule has 1 rings (SSSR count). The number of halogens is 2. The van der Waals surface area contributed by atoms with E-state index in [0.717, 1.165) is 6.42 Å². The van der Waals surface area contributed by atoms with Crippen LogP contribution in [-0.4, -0.2) is 28.4 Å². The van der Waals surface area contributed by atoms with Crippen LogP contribution in [0.1, 0.15) is 37.6 Å². The van der Waals surface area contributed by atoms with Gasteiger partial charge in [0.25, 0.3) is 5.91 Å². The van der Waals surface area contributed by atoms with E-state index in [9.17, 15) is 4.79 Å². The molecule has 17 heavy (non-hydrogen) atoms. The number of rotatable bonds is 4. The summed E-state index contributed by atoms with van der Waals surface area (Å²) in [5, 5.41) is 0.610. The fraction of sp³-hybridized carbons (Fsp3) is 0.500. The Balaban J connectivity index is 3.05. The maximum Gasteiger partial charge on any atom is 0.255 e. The molecule has 5 heteroatoms. The number of pyridine rings is 1. The lowest BCUT2D eigenvalue weighted by Crippen LogP contribution is -2.38. The Kier molecular flexibility index (Phi) is 5.22. The molecular weight excluding hydrogens is 259 g/mol. The molecule has 1 aromatic heterocycles. The first kappa shape index (κ1) is 14.3. The zero-order valence-electron chi connectivity index (χ0n) is 10.2. The molecule has 0 aliphatic carbocycles. The van der Waals surface area contributed by atoms with Gasteiger partial charge in [-0.05, 0) is 26.3 Å². The highest BCUT2D eigenvalue weighted by atomic mass is 35.5. The van der Waals surface area contributed by atoms with Crippen molar-refractivity contribution in [3.63, 3.8) is 0 Å². The van der Waals surface area contributed by atoms with Crippen LogP contribution in [0.15, 0.2) is 12.3 Å². The Hall–Kier alpha value is -0.800. The van der Waals surface area contributed by atoms with Crippen LogP contribution in [0.25, 0.3) is 0 Å². The first-order valence-corrected chi connectivity index (χ1v) is 6.38. The molecule has 0 saturated carbocycles. The van der Waals surface area contributed by atoms with Crippen molar-refractivity contribution < 1.29 is 4.79 Å². The van der Waals surface area contributed by atoms with Gasteiger partial charge >= 0.3 is 0 Å². The van der Waals surface area contributed by atoms with Gasteiger partial charge in [-0.3, -0.25) is 4.79 Å². The maximum absolute atomic E-state index is 12.3. The van der Waals surface area contributed by atoms with Crippen LogP contribution in [0.5, 0.6) is 0 Å². The lowest BCUT2D eigenvalue weighted by Gasteiger charge is -2.27. The van der Waals surface area contributed by atoms with Crippen molar-refractivity contribution in [3.8, 4) is 0 Å². The number of nitrogens with zero attached hydrogens (tertiary/aromatic N) is 2. The van der Waals surface area contributed by atoms with Gasteiger partial charge in [0.1, 0.15) is 5.15 Å². The molecule has 94 valence electrons. The van der Waals surface area contributed by atoms with Gasteiger partial charge in [-0.2, -0.15) is 0 Å². The van der Waals surface area contributed by atoms with Crippen LogP contribution >= 0.6 is 23.2 Å². The van der Waals surface area contributed by atoms with E-state index in [2.05, 4.69) is 4.98 Å². The normalized spacial score (nSPS) is 12.3. The first-order chi connectivity index (χ1) is 8.01. The number of aromatic nitrogens is 1. The lowest BCUT2D eigenvalue weighted by atomic mass is 10.1. The summed E-state index contributed by atoms with van der Waals surface area (Å²) in [6, 6.07) is 1.69. The molecule has 0 saturated heterocycles. The standard InChI is InChI=1S/C12H16Cl2N2O/c1-4-8(3)16(5-2)12(17)9-6-11(14)15-7-10(9)13/h6-8H,4-5H2,1-3H3. The van der Waals surface area contributed by atoms with Gasteiger partial charge in [-0.25, -0.2) is 4.98 Å². The second-order valence-electron chi connectivity index (χ2n) is 3.84. The van der Waals surface area contributed by atoms with E-state index in [1.165, 1.54) is 12.3 Å². The zero-order valence-corrected chi connectivity index (χ0v) is 11.7. The molecule has 0 N–H and O–H groups in total. The highest BCUT2D eigenvalue weighted by Crippen LogP contribution is 2.21. The Bertz CT molecular complexity index is 409. The van der Waals surface area contributed by atoms with Gasteiger partial charge in [0.05, 0.1) is 10.6 Å². The number of hydrogen-bond donors (Lipinski definition) is 0. The van der Waals surface area contributed by atoms with E-state index < -0.39 is 0 Å². The number of carbonyl (C=O) groups excluding carboxylic acids is 1. The fourth-order valence-electron chi connectivity index (χ4n) is 1.61.